The molecule has 0 heterocycles. The van der Waals surface area contributed by atoms with Gasteiger partial charge in [0, 0.05) is 33.9 Å². The van der Waals surface area contributed by atoms with Crippen molar-refractivity contribution in [1.29, 1.82) is 0 Å². The lowest BCUT2D eigenvalue weighted by Gasteiger charge is -2.11. The molecule has 2 N–H and O–H groups in total. The lowest BCUT2D eigenvalue weighted by Crippen LogP contribution is -2.39. The van der Waals surface area contributed by atoms with Crippen molar-refractivity contribution in [3.63, 3.8) is 0 Å². The number of aliphatic imine (C=N–C) groups is 1. The number of guanidine groups is 1. The minimum atomic E-state index is -0.195. The summed E-state index contributed by atoms with van der Waals surface area (Å²) in [7, 11) is 3.42. The van der Waals surface area contributed by atoms with Crippen molar-refractivity contribution in [2.24, 2.45) is 4.99 Å². The molecule has 0 fully saturated rings. The number of hydrogen-bond acceptors (Lipinski definition) is 2. The third-order valence-electron chi connectivity index (χ3n) is 2.64. The number of nitrogens with one attached hydrogen (secondary N) is 2. The first-order valence-electron chi connectivity index (χ1n) is 6.44. The molecule has 0 saturated heterocycles. The monoisotopic (exact) mass is 395 g/mol. The highest BCUT2D eigenvalue weighted by Gasteiger charge is 1.98. The fraction of sp³-hybridized carbons (Fsp3) is 0.500. The number of benzene rings is 1. The molecule has 0 saturated carbocycles. The highest BCUT2D eigenvalue weighted by molar-refractivity contribution is 14.0. The van der Waals surface area contributed by atoms with E-state index in [1.54, 1.807) is 26.3 Å². The number of nitrogens with zero attached hydrogens (tertiary/aromatic N) is 1. The predicted octanol–water partition coefficient (Wildman–Crippen LogP) is 2.19. The van der Waals surface area contributed by atoms with Gasteiger partial charge in [0.2, 0.25) is 0 Å². The van der Waals surface area contributed by atoms with Crippen molar-refractivity contribution < 1.29 is 9.13 Å². The van der Waals surface area contributed by atoms with Crippen LogP contribution in [-0.4, -0.2) is 39.8 Å². The van der Waals surface area contributed by atoms with Crippen molar-refractivity contribution in [2.75, 3.05) is 33.9 Å². The molecule has 0 aliphatic heterocycles. The molecular weight excluding hydrogens is 372 g/mol. The Morgan fingerprint density at radius 3 is 2.70 bits per heavy atom. The highest BCUT2D eigenvalue weighted by Crippen LogP contribution is 2.03. The molecular formula is C14H23FIN3O. The van der Waals surface area contributed by atoms with Gasteiger partial charge in [-0.3, -0.25) is 4.99 Å². The van der Waals surface area contributed by atoms with Crippen LogP contribution in [0.5, 0.6) is 0 Å². The minimum absolute atomic E-state index is 0. The zero-order valence-corrected chi connectivity index (χ0v) is 14.3. The quantitative estimate of drug-likeness (QED) is 0.322. The molecule has 0 bridgehead atoms. The molecule has 1 aromatic carbocycles. The second-order valence-corrected chi connectivity index (χ2v) is 4.15. The zero-order valence-electron chi connectivity index (χ0n) is 12.0. The molecule has 4 nitrogen and oxygen atoms in total. The van der Waals surface area contributed by atoms with Crippen LogP contribution in [0.3, 0.4) is 0 Å². The summed E-state index contributed by atoms with van der Waals surface area (Å²) in [5, 5.41) is 6.38. The largest absolute Gasteiger partial charge is 0.385 e. The summed E-state index contributed by atoms with van der Waals surface area (Å²) in [4.78, 5) is 4.11. The SMILES string of the molecule is CN=C(NCCCOC)NCCc1cccc(F)c1.I. The molecule has 20 heavy (non-hydrogen) atoms. The van der Waals surface area contributed by atoms with E-state index in [0.717, 1.165) is 37.5 Å². The average molecular weight is 395 g/mol. The summed E-state index contributed by atoms with van der Waals surface area (Å²) in [5.74, 6) is 0.562. The topological polar surface area (TPSA) is 45.7 Å². The van der Waals surface area contributed by atoms with E-state index >= 15 is 0 Å². The van der Waals surface area contributed by atoms with Crippen molar-refractivity contribution in [2.45, 2.75) is 12.8 Å². The molecule has 0 radical (unpaired) electrons. The molecule has 1 aromatic rings. The van der Waals surface area contributed by atoms with E-state index in [4.69, 9.17) is 4.74 Å². The van der Waals surface area contributed by atoms with Crippen LogP contribution >= 0.6 is 24.0 Å². The summed E-state index contributed by atoms with van der Waals surface area (Å²) in [6, 6.07) is 6.64. The molecule has 0 atom stereocenters. The minimum Gasteiger partial charge on any atom is -0.385 e. The van der Waals surface area contributed by atoms with E-state index in [0.29, 0.717) is 6.54 Å². The maximum atomic E-state index is 13.0. The Morgan fingerprint density at radius 2 is 2.05 bits per heavy atom. The van der Waals surface area contributed by atoms with E-state index in [1.807, 2.05) is 6.07 Å². The zero-order chi connectivity index (χ0) is 13.9. The first-order chi connectivity index (χ1) is 9.26. The molecule has 1 rings (SSSR count). The van der Waals surface area contributed by atoms with Gasteiger partial charge in [0.25, 0.3) is 0 Å². The fourth-order valence-corrected chi connectivity index (χ4v) is 1.66. The lowest BCUT2D eigenvalue weighted by atomic mass is 10.1. The molecule has 114 valence electrons. The Labute approximate surface area is 137 Å². The van der Waals surface area contributed by atoms with Gasteiger partial charge in [0.05, 0.1) is 0 Å². The summed E-state index contributed by atoms with van der Waals surface area (Å²) < 4.78 is 18.0. The Balaban J connectivity index is 0.00000361. The maximum absolute atomic E-state index is 13.0. The smallest absolute Gasteiger partial charge is 0.190 e. The number of ether oxygens (including phenoxy) is 1. The van der Waals surface area contributed by atoms with E-state index in [9.17, 15) is 4.39 Å². The molecule has 0 aromatic heterocycles. The van der Waals surface area contributed by atoms with Gasteiger partial charge < -0.3 is 15.4 Å². The van der Waals surface area contributed by atoms with Gasteiger partial charge in [0.15, 0.2) is 5.96 Å². The van der Waals surface area contributed by atoms with Gasteiger partial charge in [-0.05, 0) is 30.5 Å². The summed E-state index contributed by atoms with van der Waals surface area (Å²) in [5.41, 5.74) is 0.974. The number of methoxy groups -OCH3 is 1. The summed E-state index contributed by atoms with van der Waals surface area (Å²) in [6.07, 6.45) is 1.69. The van der Waals surface area contributed by atoms with Gasteiger partial charge in [-0.1, -0.05) is 12.1 Å². The normalized spacial score (nSPS) is 10.8. The van der Waals surface area contributed by atoms with Gasteiger partial charge in [-0.25, -0.2) is 4.39 Å². The van der Waals surface area contributed by atoms with Crippen LogP contribution in [0.15, 0.2) is 29.3 Å². The fourth-order valence-electron chi connectivity index (χ4n) is 1.66. The molecule has 0 aliphatic carbocycles. The Bertz CT molecular complexity index is 402. The van der Waals surface area contributed by atoms with Crippen LogP contribution in [-0.2, 0) is 11.2 Å². The molecule has 6 heteroatoms. The standard InChI is InChI=1S/C14H22FN3O.HI/c1-16-14(17-8-4-10-19-2)18-9-7-12-5-3-6-13(15)11-12;/h3,5-6,11H,4,7-10H2,1-2H3,(H2,16,17,18);1H. The van der Waals surface area contributed by atoms with Crippen molar-refractivity contribution in [3.05, 3.63) is 35.6 Å². The Morgan fingerprint density at radius 1 is 1.30 bits per heavy atom. The van der Waals surface area contributed by atoms with Crippen LogP contribution in [0.2, 0.25) is 0 Å². The molecule has 0 amide bonds. The molecule has 0 spiro atoms. The first kappa shape index (κ1) is 19.1. The van der Waals surface area contributed by atoms with E-state index in [2.05, 4.69) is 15.6 Å². The second-order valence-electron chi connectivity index (χ2n) is 4.15. The van der Waals surface area contributed by atoms with Gasteiger partial charge >= 0.3 is 0 Å². The summed E-state index contributed by atoms with van der Waals surface area (Å²) >= 11 is 0. The maximum Gasteiger partial charge on any atom is 0.190 e. The van der Waals surface area contributed by atoms with Crippen LogP contribution < -0.4 is 10.6 Å². The van der Waals surface area contributed by atoms with Crippen LogP contribution in [0.4, 0.5) is 4.39 Å². The Hall–Kier alpha value is -0.890. The highest BCUT2D eigenvalue weighted by atomic mass is 127. The van der Waals surface area contributed by atoms with E-state index in [-0.39, 0.29) is 29.8 Å². The Kier molecular flexibility index (Phi) is 11.4. The van der Waals surface area contributed by atoms with Gasteiger partial charge in [-0.2, -0.15) is 0 Å². The summed E-state index contributed by atoms with van der Waals surface area (Å²) in [6.45, 7) is 2.26. The number of rotatable bonds is 7. The van der Waals surface area contributed by atoms with Crippen molar-refractivity contribution in [1.82, 2.24) is 10.6 Å². The number of halogens is 2. The third-order valence-corrected chi connectivity index (χ3v) is 2.64. The van der Waals surface area contributed by atoms with Crippen LogP contribution in [0.1, 0.15) is 12.0 Å². The van der Waals surface area contributed by atoms with E-state index < -0.39 is 0 Å². The lowest BCUT2D eigenvalue weighted by molar-refractivity contribution is 0.195. The van der Waals surface area contributed by atoms with Crippen molar-refractivity contribution in [3.8, 4) is 0 Å². The van der Waals surface area contributed by atoms with Gasteiger partial charge in [0.1, 0.15) is 5.82 Å². The second kappa shape index (κ2) is 11.9. The van der Waals surface area contributed by atoms with Crippen LogP contribution in [0, 0.1) is 5.82 Å². The van der Waals surface area contributed by atoms with Crippen molar-refractivity contribution >= 4 is 29.9 Å². The van der Waals surface area contributed by atoms with Crippen LogP contribution in [0.25, 0.3) is 0 Å². The number of hydrogen-bond donors (Lipinski definition) is 2. The molecule has 0 unspecified atom stereocenters. The predicted molar refractivity (Wildman–Crippen MR) is 91.4 cm³/mol. The van der Waals surface area contributed by atoms with Gasteiger partial charge in [-0.15, -0.1) is 24.0 Å². The molecule has 0 aliphatic rings. The first-order valence-corrected chi connectivity index (χ1v) is 6.44. The average Bonchev–Trinajstić information content (AvgIpc) is 2.41. The third kappa shape index (κ3) is 8.31. The van der Waals surface area contributed by atoms with E-state index in [1.165, 1.54) is 6.07 Å².